The summed E-state index contributed by atoms with van der Waals surface area (Å²) in [4.78, 5) is 21.3. The molecule has 14 heavy (non-hydrogen) atoms. The number of hydrogen-bond acceptors (Lipinski definition) is 3. The van der Waals surface area contributed by atoms with E-state index in [2.05, 4.69) is 0 Å². The van der Waals surface area contributed by atoms with Gasteiger partial charge in [-0.15, -0.1) is 0 Å². The first kappa shape index (κ1) is 10.2. The summed E-state index contributed by atoms with van der Waals surface area (Å²) in [6.45, 7) is 0. The minimum absolute atomic E-state index is 0.151. The number of nitro groups is 1. The molecule has 76 valence electrons. The molecule has 1 aromatic rings. The Morgan fingerprint density at radius 3 is 2.43 bits per heavy atom. The third-order valence-electron chi connectivity index (χ3n) is 1.40. The van der Waals surface area contributed by atoms with Crippen molar-refractivity contribution >= 4 is 5.69 Å². The largest absolute Gasteiger partial charge is 0.423 e. The quantitative estimate of drug-likeness (QED) is 0.558. The van der Waals surface area contributed by atoms with Gasteiger partial charge in [-0.3, -0.25) is 14.9 Å². The van der Waals surface area contributed by atoms with E-state index >= 15 is 0 Å². The third-order valence-corrected chi connectivity index (χ3v) is 1.40. The Bertz CT molecular complexity index is 423. The van der Waals surface area contributed by atoms with Gasteiger partial charge in [-0.25, -0.2) is 0 Å². The minimum Gasteiger partial charge on any atom is -0.323 e. The maximum atomic E-state index is 12.1. The van der Waals surface area contributed by atoms with Gasteiger partial charge in [-0.1, -0.05) is 0 Å². The lowest BCUT2D eigenvalue weighted by Gasteiger charge is -2.05. The van der Waals surface area contributed by atoms with E-state index < -0.39 is 27.9 Å². The summed E-state index contributed by atoms with van der Waals surface area (Å²) in [6, 6.07) is 0.151. The molecule has 0 fully saturated rings. The summed E-state index contributed by atoms with van der Waals surface area (Å²) >= 11 is 0. The molecule has 0 saturated heterocycles. The fraction of sp³-hybridized carbons (Fsp3) is 0.167. The standard InChI is InChI=1S/C6H3F3N2O3/c7-6(8,9)3-1-5(12)10-2-4(3)11(13)14/h1-2H,(H,10,12). The Kier molecular flexibility index (Phi) is 2.28. The van der Waals surface area contributed by atoms with Crippen LogP contribution in [0.5, 0.6) is 0 Å². The molecule has 0 radical (unpaired) electrons. The fourth-order valence-electron chi connectivity index (χ4n) is 0.842. The molecular formula is C6H3F3N2O3. The summed E-state index contributed by atoms with van der Waals surface area (Å²) < 4.78 is 36.4. The van der Waals surface area contributed by atoms with Gasteiger partial charge >= 0.3 is 6.18 Å². The maximum Gasteiger partial charge on any atom is 0.423 e. The molecule has 0 amide bonds. The van der Waals surface area contributed by atoms with E-state index in [-0.39, 0.29) is 6.07 Å². The zero-order valence-electron chi connectivity index (χ0n) is 6.46. The molecule has 0 spiro atoms. The van der Waals surface area contributed by atoms with Crippen molar-refractivity contribution in [3.63, 3.8) is 0 Å². The van der Waals surface area contributed by atoms with Crippen molar-refractivity contribution in [2.75, 3.05) is 0 Å². The molecule has 0 unspecified atom stereocenters. The fourth-order valence-corrected chi connectivity index (χ4v) is 0.842. The molecule has 0 atom stereocenters. The molecule has 8 heteroatoms. The van der Waals surface area contributed by atoms with Crippen LogP contribution < -0.4 is 5.56 Å². The highest BCUT2D eigenvalue weighted by atomic mass is 19.4. The molecule has 1 N–H and O–H groups in total. The third kappa shape index (κ3) is 1.90. The molecule has 0 saturated carbocycles. The molecule has 1 rings (SSSR count). The van der Waals surface area contributed by atoms with Crippen LogP contribution in [0.2, 0.25) is 0 Å². The SMILES string of the molecule is O=c1cc(C(F)(F)F)c([N+](=O)[O-])c[nH]1. The number of nitrogens with zero attached hydrogens (tertiary/aromatic N) is 1. The molecule has 1 aromatic heterocycles. The summed E-state index contributed by atoms with van der Waals surface area (Å²) in [5.41, 5.74) is -3.76. The zero-order valence-corrected chi connectivity index (χ0v) is 6.46. The first-order chi connectivity index (χ1) is 6.32. The van der Waals surface area contributed by atoms with Crippen molar-refractivity contribution in [2.45, 2.75) is 6.18 Å². The van der Waals surface area contributed by atoms with Crippen molar-refractivity contribution in [2.24, 2.45) is 0 Å². The van der Waals surface area contributed by atoms with Crippen LogP contribution in [-0.4, -0.2) is 9.91 Å². The molecule has 1 heterocycles. The molecule has 0 aromatic carbocycles. The Morgan fingerprint density at radius 2 is 2.00 bits per heavy atom. The van der Waals surface area contributed by atoms with E-state index in [0.29, 0.717) is 6.20 Å². The molecule has 0 aliphatic rings. The molecule has 0 bridgehead atoms. The van der Waals surface area contributed by atoms with Gasteiger partial charge in [0.1, 0.15) is 5.56 Å². The van der Waals surface area contributed by atoms with E-state index in [1.165, 1.54) is 0 Å². The number of H-pyrrole nitrogens is 1. The van der Waals surface area contributed by atoms with Crippen LogP contribution in [0.4, 0.5) is 18.9 Å². The Hall–Kier alpha value is -1.86. The number of pyridine rings is 1. The molecule has 0 aliphatic carbocycles. The average Bonchev–Trinajstić information content (AvgIpc) is 2.01. The van der Waals surface area contributed by atoms with Crippen LogP contribution in [0.1, 0.15) is 5.56 Å². The van der Waals surface area contributed by atoms with Gasteiger partial charge < -0.3 is 4.98 Å². The van der Waals surface area contributed by atoms with E-state index in [1.807, 2.05) is 0 Å². The molecule has 5 nitrogen and oxygen atoms in total. The molecular weight excluding hydrogens is 205 g/mol. The minimum atomic E-state index is -4.91. The predicted molar refractivity (Wildman–Crippen MR) is 38.7 cm³/mol. The van der Waals surface area contributed by atoms with Crippen LogP contribution in [0.3, 0.4) is 0 Å². The smallest absolute Gasteiger partial charge is 0.323 e. The number of nitrogens with one attached hydrogen (secondary N) is 1. The summed E-state index contributed by atoms with van der Waals surface area (Å²) in [6.07, 6.45) is -4.48. The highest BCUT2D eigenvalue weighted by Crippen LogP contribution is 2.34. The van der Waals surface area contributed by atoms with Crippen molar-refractivity contribution in [3.05, 3.63) is 38.3 Å². The van der Waals surface area contributed by atoms with Gasteiger partial charge in [0.05, 0.1) is 11.1 Å². The van der Waals surface area contributed by atoms with Gasteiger partial charge in [0.15, 0.2) is 0 Å². The number of aromatic nitrogens is 1. The Labute approximate surface area is 74.3 Å². The van der Waals surface area contributed by atoms with E-state index in [1.54, 1.807) is 4.98 Å². The first-order valence-electron chi connectivity index (χ1n) is 3.26. The van der Waals surface area contributed by atoms with Crippen LogP contribution in [-0.2, 0) is 6.18 Å². The van der Waals surface area contributed by atoms with E-state index in [0.717, 1.165) is 0 Å². The summed E-state index contributed by atoms with van der Waals surface area (Å²) in [5.74, 6) is 0. The lowest BCUT2D eigenvalue weighted by Crippen LogP contribution is -2.15. The van der Waals surface area contributed by atoms with Crippen molar-refractivity contribution in [3.8, 4) is 0 Å². The van der Waals surface area contributed by atoms with Gasteiger partial charge in [-0.2, -0.15) is 13.2 Å². The van der Waals surface area contributed by atoms with Gasteiger partial charge in [-0.05, 0) is 0 Å². The normalized spacial score (nSPS) is 11.4. The molecule has 0 aliphatic heterocycles. The lowest BCUT2D eigenvalue weighted by atomic mass is 10.2. The highest BCUT2D eigenvalue weighted by Gasteiger charge is 2.38. The van der Waals surface area contributed by atoms with Crippen molar-refractivity contribution in [1.29, 1.82) is 0 Å². The van der Waals surface area contributed by atoms with Gasteiger partial charge in [0.25, 0.3) is 5.69 Å². The monoisotopic (exact) mass is 208 g/mol. The topological polar surface area (TPSA) is 76.0 Å². The van der Waals surface area contributed by atoms with Crippen molar-refractivity contribution in [1.82, 2.24) is 4.98 Å². The van der Waals surface area contributed by atoms with E-state index in [9.17, 15) is 28.1 Å². The zero-order chi connectivity index (χ0) is 10.9. The summed E-state index contributed by atoms with van der Waals surface area (Å²) in [7, 11) is 0. The van der Waals surface area contributed by atoms with Gasteiger partial charge in [0, 0.05) is 6.07 Å². The van der Waals surface area contributed by atoms with Crippen LogP contribution in [0.25, 0.3) is 0 Å². The maximum absolute atomic E-state index is 12.1. The lowest BCUT2D eigenvalue weighted by molar-refractivity contribution is -0.388. The number of alkyl halides is 3. The number of aromatic amines is 1. The predicted octanol–water partition coefficient (Wildman–Crippen LogP) is 1.30. The second-order valence-corrected chi connectivity index (χ2v) is 2.35. The average molecular weight is 208 g/mol. The van der Waals surface area contributed by atoms with Gasteiger partial charge in [0.2, 0.25) is 5.56 Å². The number of rotatable bonds is 1. The highest BCUT2D eigenvalue weighted by molar-refractivity contribution is 5.38. The number of halogens is 3. The van der Waals surface area contributed by atoms with Crippen LogP contribution in [0, 0.1) is 10.1 Å². The van der Waals surface area contributed by atoms with Crippen molar-refractivity contribution < 1.29 is 18.1 Å². The Morgan fingerprint density at radius 1 is 1.43 bits per heavy atom. The second kappa shape index (κ2) is 3.13. The van der Waals surface area contributed by atoms with Crippen LogP contribution in [0.15, 0.2) is 17.1 Å². The summed E-state index contributed by atoms with van der Waals surface area (Å²) in [5, 5.41) is 10.2. The first-order valence-corrected chi connectivity index (χ1v) is 3.26. The second-order valence-electron chi connectivity index (χ2n) is 2.35. The van der Waals surface area contributed by atoms with E-state index in [4.69, 9.17) is 0 Å². The van der Waals surface area contributed by atoms with Crippen LogP contribution >= 0.6 is 0 Å². The Balaban J connectivity index is 3.45. The number of hydrogen-bond donors (Lipinski definition) is 1.